The van der Waals surface area contributed by atoms with E-state index in [9.17, 15) is 5.11 Å². The minimum atomic E-state index is -0.239. The molecule has 0 aliphatic rings. The Morgan fingerprint density at radius 3 is 2.19 bits per heavy atom. The third kappa shape index (κ3) is 7.20. The molecule has 2 atom stereocenters. The predicted molar refractivity (Wildman–Crippen MR) is 68.6 cm³/mol. The van der Waals surface area contributed by atoms with Gasteiger partial charge in [0, 0.05) is 19.7 Å². The molecule has 0 radical (unpaired) electrons. The summed E-state index contributed by atoms with van der Waals surface area (Å²) in [7, 11) is 1.73. The molecule has 16 heavy (non-hydrogen) atoms. The predicted octanol–water partition coefficient (Wildman–Crippen LogP) is 2.04. The van der Waals surface area contributed by atoms with E-state index in [1.165, 1.54) is 0 Å². The molecule has 0 aromatic carbocycles. The van der Waals surface area contributed by atoms with Gasteiger partial charge in [-0.25, -0.2) is 0 Å². The lowest BCUT2D eigenvalue weighted by Crippen LogP contribution is -2.43. The van der Waals surface area contributed by atoms with Crippen LogP contribution in [0.2, 0.25) is 0 Å². The zero-order chi connectivity index (χ0) is 12.8. The molecule has 0 aliphatic heterocycles. The van der Waals surface area contributed by atoms with Crippen molar-refractivity contribution in [2.45, 2.75) is 53.2 Å². The van der Waals surface area contributed by atoms with Gasteiger partial charge < -0.3 is 15.2 Å². The van der Waals surface area contributed by atoms with Gasteiger partial charge in [-0.3, -0.25) is 0 Å². The van der Waals surface area contributed by atoms with Gasteiger partial charge in [-0.2, -0.15) is 0 Å². The molecular formula is C13H29NO2. The smallest absolute Gasteiger partial charge is 0.0618 e. The first kappa shape index (κ1) is 15.9. The second kappa shape index (κ2) is 7.25. The van der Waals surface area contributed by atoms with Gasteiger partial charge in [0.1, 0.15) is 0 Å². The van der Waals surface area contributed by atoms with Crippen LogP contribution in [-0.4, -0.2) is 37.5 Å². The van der Waals surface area contributed by atoms with Gasteiger partial charge in [0.25, 0.3) is 0 Å². The van der Waals surface area contributed by atoms with Crippen LogP contribution in [0.4, 0.5) is 0 Å². The van der Waals surface area contributed by atoms with Gasteiger partial charge >= 0.3 is 0 Å². The van der Waals surface area contributed by atoms with E-state index in [1.54, 1.807) is 7.11 Å². The van der Waals surface area contributed by atoms with Gasteiger partial charge in [-0.1, -0.05) is 27.7 Å². The van der Waals surface area contributed by atoms with Gasteiger partial charge in [-0.15, -0.1) is 0 Å². The van der Waals surface area contributed by atoms with Crippen molar-refractivity contribution in [2.24, 2.45) is 11.3 Å². The molecule has 3 heteroatoms. The molecule has 0 saturated heterocycles. The van der Waals surface area contributed by atoms with E-state index in [-0.39, 0.29) is 11.5 Å². The van der Waals surface area contributed by atoms with Crippen LogP contribution in [0.25, 0.3) is 0 Å². The minimum Gasteiger partial charge on any atom is -0.393 e. The summed E-state index contributed by atoms with van der Waals surface area (Å²) in [6.07, 6.45) is 0.578. The maximum Gasteiger partial charge on any atom is 0.0618 e. The highest BCUT2D eigenvalue weighted by Crippen LogP contribution is 2.21. The topological polar surface area (TPSA) is 41.5 Å². The summed E-state index contributed by atoms with van der Waals surface area (Å²) in [5, 5.41) is 12.9. The van der Waals surface area contributed by atoms with E-state index in [0.29, 0.717) is 12.0 Å². The van der Waals surface area contributed by atoms with Crippen LogP contribution in [-0.2, 0) is 4.74 Å². The summed E-state index contributed by atoms with van der Waals surface area (Å²) in [5.74, 6) is 0.558. The lowest BCUT2D eigenvalue weighted by molar-refractivity contribution is 0.111. The Morgan fingerprint density at radius 1 is 1.25 bits per heavy atom. The first-order chi connectivity index (χ1) is 7.28. The van der Waals surface area contributed by atoms with Gasteiger partial charge in [0.2, 0.25) is 0 Å². The maximum atomic E-state index is 9.41. The average molecular weight is 231 g/mol. The lowest BCUT2D eigenvalue weighted by Gasteiger charge is -2.30. The highest BCUT2D eigenvalue weighted by Gasteiger charge is 2.22. The Labute approximate surface area is 101 Å². The zero-order valence-electron chi connectivity index (χ0n) is 11.7. The van der Waals surface area contributed by atoms with Gasteiger partial charge in [-0.05, 0) is 24.7 Å². The molecule has 0 aromatic heterocycles. The van der Waals surface area contributed by atoms with E-state index in [4.69, 9.17) is 4.74 Å². The molecule has 0 rings (SSSR count). The van der Waals surface area contributed by atoms with Crippen molar-refractivity contribution in [1.82, 2.24) is 5.32 Å². The molecule has 2 N–H and O–H groups in total. The zero-order valence-corrected chi connectivity index (χ0v) is 11.7. The third-order valence-corrected chi connectivity index (χ3v) is 2.84. The van der Waals surface area contributed by atoms with Crippen LogP contribution in [0, 0.1) is 11.3 Å². The van der Waals surface area contributed by atoms with E-state index in [2.05, 4.69) is 33.0 Å². The number of nitrogens with one attached hydrogen (secondary N) is 1. The summed E-state index contributed by atoms with van der Waals surface area (Å²) >= 11 is 0. The second-order valence-electron chi connectivity index (χ2n) is 5.90. The molecule has 0 bridgehead atoms. The monoisotopic (exact) mass is 231 g/mol. The molecule has 98 valence electrons. The van der Waals surface area contributed by atoms with Crippen molar-refractivity contribution in [3.8, 4) is 0 Å². The second-order valence-corrected chi connectivity index (χ2v) is 5.90. The molecule has 0 heterocycles. The highest BCUT2D eigenvalue weighted by molar-refractivity contribution is 4.78. The number of aliphatic hydroxyl groups excluding tert-OH is 1. The fraction of sp³-hybridized carbons (Fsp3) is 1.00. The van der Waals surface area contributed by atoms with Crippen molar-refractivity contribution in [3.63, 3.8) is 0 Å². The Kier molecular flexibility index (Phi) is 7.20. The number of aliphatic hydroxyl groups is 1. The van der Waals surface area contributed by atoms with Crippen molar-refractivity contribution >= 4 is 0 Å². The van der Waals surface area contributed by atoms with E-state index >= 15 is 0 Å². The van der Waals surface area contributed by atoms with E-state index < -0.39 is 0 Å². The molecule has 0 aliphatic carbocycles. The van der Waals surface area contributed by atoms with E-state index in [1.807, 2.05) is 6.92 Å². The van der Waals surface area contributed by atoms with Crippen LogP contribution < -0.4 is 5.32 Å². The van der Waals surface area contributed by atoms with Crippen LogP contribution in [0.1, 0.15) is 41.0 Å². The standard InChI is InChI=1S/C13H29NO2/c1-10(2)12(8-16-6)14-9-13(4,5)7-11(3)15/h10-12,14-15H,7-9H2,1-6H3. The third-order valence-electron chi connectivity index (χ3n) is 2.84. The SMILES string of the molecule is COCC(NCC(C)(C)CC(C)O)C(C)C. The summed E-state index contributed by atoms with van der Waals surface area (Å²) in [4.78, 5) is 0. The Balaban J connectivity index is 4.07. The first-order valence-electron chi connectivity index (χ1n) is 6.19. The highest BCUT2D eigenvalue weighted by atomic mass is 16.5. The first-order valence-corrected chi connectivity index (χ1v) is 6.19. The minimum absolute atomic E-state index is 0.120. The molecule has 0 fully saturated rings. The molecule has 0 aromatic rings. The number of ether oxygens (including phenoxy) is 1. The number of rotatable bonds is 8. The normalized spacial score (nSPS) is 16.5. The molecular weight excluding hydrogens is 202 g/mol. The molecule has 3 nitrogen and oxygen atoms in total. The van der Waals surface area contributed by atoms with Gasteiger partial charge in [0.15, 0.2) is 0 Å². The number of hydrogen-bond acceptors (Lipinski definition) is 3. The van der Waals surface area contributed by atoms with E-state index in [0.717, 1.165) is 19.6 Å². The molecule has 0 spiro atoms. The molecule has 0 amide bonds. The summed E-state index contributed by atoms with van der Waals surface area (Å²) < 4.78 is 5.20. The quantitative estimate of drug-likeness (QED) is 0.672. The van der Waals surface area contributed by atoms with Crippen LogP contribution in [0.3, 0.4) is 0 Å². The van der Waals surface area contributed by atoms with Crippen molar-refractivity contribution < 1.29 is 9.84 Å². The molecule has 2 unspecified atom stereocenters. The summed E-state index contributed by atoms with van der Waals surface area (Å²) in [6.45, 7) is 12.2. The van der Waals surface area contributed by atoms with Crippen LogP contribution >= 0.6 is 0 Å². The summed E-state index contributed by atoms with van der Waals surface area (Å²) in [6, 6.07) is 0.387. The van der Waals surface area contributed by atoms with Crippen molar-refractivity contribution in [3.05, 3.63) is 0 Å². The summed E-state index contributed by atoms with van der Waals surface area (Å²) in [5.41, 5.74) is 0.120. The van der Waals surface area contributed by atoms with Gasteiger partial charge in [0.05, 0.1) is 12.7 Å². The number of methoxy groups -OCH3 is 1. The fourth-order valence-electron chi connectivity index (χ4n) is 1.95. The Bertz CT molecular complexity index is 179. The Morgan fingerprint density at radius 2 is 1.81 bits per heavy atom. The van der Waals surface area contributed by atoms with Crippen molar-refractivity contribution in [2.75, 3.05) is 20.3 Å². The van der Waals surface area contributed by atoms with Crippen LogP contribution in [0.5, 0.6) is 0 Å². The molecule has 0 saturated carbocycles. The van der Waals surface area contributed by atoms with Crippen LogP contribution in [0.15, 0.2) is 0 Å². The fourth-order valence-corrected chi connectivity index (χ4v) is 1.95. The largest absolute Gasteiger partial charge is 0.393 e. The maximum absolute atomic E-state index is 9.41. The lowest BCUT2D eigenvalue weighted by atomic mass is 9.86. The number of hydrogen-bond donors (Lipinski definition) is 2. The Hall–Kier alpha value is -0.120. The average Bonchev–Trinajstić information content (AvgIpc) is 2.09. The van der Waals surface area contributed by atoms with Crippen molar-refractivity contribution in [1.29, 1.82) is 0 Å².